The number of benzene rings is 1. The number of aromatic hydroxyl groups is 1. The van der Waals surface area contributed by atoms with Crippen molar-refractivity contribution in [3.63, 3.8) is 0 Å². The number of nitro groups is 1. The van der Waals surface area contributed by atoms with Gasteiger partial charge in [-0.25, -0.2) is 9.10 Å². The van der Waals surface area contributed by atoms with Crippen LogP contribution >= 0.6 is 12.8 Å². The van der Waals surface area contributed by atoms with Gasteiger partial charge in [0.2, 0.25) is 0 Å². The Kier molecular flexibility index (Phi) is 5.52. The van der Waals surface area contributed by atoms with Crippen LogP contribution in [0.25, 0.3) is 0 Å². The minimum Gasteiger partial charge on any atom is -0.502 e. The number of nitrogens with zero attached hydrogens (tertiary/aromatic N) is 2. The molecule has 1 rings (SSSR count). The topological polar surface area (TPSA) is 95.7 Å². The number of urea groups is 1. The van der Waals surface area contributed by atoms with Crippen LogP contribution in [0, 0.1) is 15.5 Å². The van der Waals surface area contributed by atoms with Crippen molar-refractivity contribution in [2.75, 3.05) is 4.31 Å². The molecular weight excluding hydrogens is 318 g/mol. The van der Waals surface area contributed by atoms with Crippen LogP contribution in [0.4, 0.5) is 16.2 Å². The molecular formula is C15H23N3O4S. The zero-order chi connectivity index (χ0) is 18.0. The number of hydrogen-bond acceptors (Lipinski definition) is 5. The van der Waals surface area contributed by atoms with E-state index in [-0.39, 0.29) is 11.1 Å². The summed E-state index contributed by atoms with van der Waals surface area (Å²) in [7, 11) is 0. The highest BCUT2D eigenvalue weighted by Gasteiger charge is 2.29. The van der Waals surface area contributed by atoms with Crippen LogP contribution in [0.1, 0.15) is 41.0 Å². The summed E-state index contributed by atoms with van der Waals surface area (Å²) in [5.41, 5.74) is -0.737. The molecule has 1 aromatic rings. The Balaban J connectivity index is 2.93. The van der Waals surface area contributed by atoms with Crippen molar-refractivity contribution in [1.82, 2.24) is 5.32 Å². The molecule has 0 heterocycles. The Morgan fingerprint density at radius 2 is 1.91 bits per heavy atom. The van der Waals surface area contributed by atoms with E-state index in [4.69, 9.17) is 0 Å². The number of anilines is 1. The van der Waals surface area contributed by atoms with Crippen LogP contribution in [0.15, 0.2) is 18.2 Å². The summed E-state index contributed by atoms with van der Waals surface area (Å²) in [5.74, 6) is -0.464. The van der Waals surface area contributed by atoms with Crippen LogP contribution < -0.4 is 9.62 Å². The summed E-state index contributed by atoms with van der Waals surface area (Å²) in [6.07, 6.45) is 0.739. The molecule has 0 aliphatic heterocycles. The lowest BCUT2D eigenvalue weighted by atomic mass is 9.82. The van der Waals surface area contributed by atoms with Gasteiger partial charge < -0.3 is 10.4 Å². The van der Waals surface area contributed by atoms with Gasteiger partial charge in [0.25, 0.3) is 0 Å². The summed E-state index contributed by atoms with van der Waals surface area (Å²) in [4.78, 5) is 22.5. The van der Waals surface area contributed by atoms with Crippen molar-refractivity contribution in [1.29, 1.82) is 0 Å². The van der Waals surface area contributed by atoms with Gasteiger partial charge in [0.15, 0.2) is 5.75 Å². The van der Waals surface area contributed by atoms with Gasteiger partial charge >= 0.3 is 11.7 Å². The SMILES string of the molecule is CC(C)(C)CC(C)(C)NC(=O)N(S)c1ccc(O)c([N+](=O)[O-])c1. The van der Waals surface area contributed by atoms with E-state index in [1.807, 2.05) is 13.8 Å². The molecule has 23 heavy (non-hydrogen) atoms. The number of amides is 2. The quantitative estimate of drug-likeness (QED) is 0.440. The number of carbonyl (C=O) groups excluding carboxylic acids is 1. The molecule has 1 aromatic carbocycles. The molecule has 0 aliphatic rings. The summed E-state index contributed by atoms with van der Waals surface area (Å²) < 4.78 is 0.983. The number of phenolic OH excluding ortho intramolecular Hbond substituents is 1. The maximum Gasteiger partial charge on any atom is 0.332 e. The first kappa shape index (κ1) is 19.1. The summed E-state index contributed by atoms with van der Waals surface area (Å²) in [6.45, 7) is 10.0. The van der Waals surface area contributed by atoms with E-state index in [2.05, 4.69) is 38.9 Å². The van der Waals surface area contributed by atoms with Crippen molar-refractivity contribution in [3.8, 4) is 5.75 Å². The van der Waals surface area contributed by atoms with Gasteiger partial charge in [-0.2, -0.15) is 0 Å². The largest absolute Gasteiger partial charge is 0.502 e. The van der Waals surface area contributed by atoms with Gasteiger partial charge in [-0.3, -0.25) is 10.1 Å². The lowest BCUT2D eigenvalue weighted by Gasteiger charge is -2.34. The molecule has 0 aromatic heterocycles. The molecule has 0 aliphatic carbocycles. The molecule has 0 atom stereocenters. The second kappa shape index (κ2) is 6.66. The predicted octanol–water partition coefficient (Wildman–Crippen LogP) is 3.88. The molecule has 8 heteroatoms. The van der Waals surface area contributed by atoms with Crippen LogP contribution in [0.2, 0.25) is 0 Å². The van der Waals surface area contributed by atoms with Crippen LogP contribution in [0.5, 0.6) is 5.75 Å². The number of phenols is 1. The van der Waals surface area contributed by atoms with E-state index in [0.29, 0.717) is 0 Å². The minimum absolute atomic E-state index is 0.0233. The monoisotopic (exact) mass is 341 g/mol. The minimum atomic E-state index is -0.720. The highest BCUT2D eigenvalue weighted by molar-refractivity contribution is 7.82. The first-order valence-corrected chi connectivity index (χ1v) is 7.51. The molecule has 7 nitrogen and oxygen atoms in total. The third-order valence-corrected chi connectivity index (χ3v) is 3.42. The van der Waals surface area contributed by atoms with Gasteiger partial charge in [0.05, 0.1) is 10.6 Å². The number of hydrogen-bond donors (Lipinski definition) is 3. The van der Waals surface area contributed by atoms with Gasteiger partial charge in [0.1, 0.15) is 0 Å². The average Bonchev–Trinajstić information content (AvgIpc) is 2.34. The molecule has 0 unspecified atom stereocenters. The van der Waals surface area contributed by atoms with E-state index in [1.54, 1.807) is 0 Å². The summed E-state index contributed by atoms with van der Waals surface area (Å²) in [6, 6.07) is 3.14. The Bertz CT molecular complexity index is 611. The zero-order valence-electron chi connectivity index (χ0n) is 14.0. The van der Waals surface area contributed by atoms with E-state index < -0.39 is 27.9 Å². The number of rotatable bonds is 4. The van der Waals surface area contributed by atoms with Gasteiger partial charge in [-0.15, -0.1) is 0 Å². The molecule has 0 spiro atoms. The summed E-state index contributed by atoms with van der Waals surface area (Å²) in [5, 5.41) is 23.2. The first-order valence-electron chi connectivity index (χ1n) is 7.11. The first-order chi connectivity index (χ1) is 10.3. The number of nitro benzene ring substituents is 1. The smallest absolute Gasteiger partial charge is 0.332 e. The highest BCUT2D eigenvalue weighted by Crippen LogP contribution is 2.32. The lowest BCUT2D eigenvalue weighted by Crippen LogP contribution is -2.49. The van der Waals surface area contributed by atoms with Crippen molar-refractivity contribution < 1.29 is 14.8 Å². The molecule has 128 valence electrons. The van der Waals surface area contributed by atoms with Gasteiger partial charge in [0, 0.05) is 11.6 Å². The Hall–Kier alpha value is -1.96. The van der Waals surface area contributed by atoms with Crippen molar-refractivity contribution in [3.05, 3.63) is 28.3 Å². The Labute approximate surface area is 141 Å². The van der Waals surface area contributed by atoms with Crippen molar-refractivity contribution in [2.45, 2.75) is 46.6 Å². The van der Waals surface area contributed by atoms with E-state index >= 15 is 0 Å². The Morgan fingerprint density at radius 1 is 1.35 bits per heavy atom. The Morgan fingerprint density at radius 3 is 2.39 bits per heavy atom. The molecule has 0 bridgehead atoms. The molecule has 0 saturated carbocycles. The van der Waals surface area contributed by atoms with Crippen LogP contribution in [0.3, 0.4) is 0 Å². The van der Waals surface area contributed by atoms with Gasteiger partial charge in [-0.1, -0.05) is 33.6 Å². The third kappa shape index (κ3) is 5.63. The maximum absolute atomic E-state index is 12.3. The number of thiol groups is 1. The van der Waals surface area contributed by atoms with Crippen molar-refractivity contribution in [2.24, 2.45) is 5.41 Å². The van der Waals surface area contributed by atoms with E-state index in [1.165, 1.54) is 6.07 Å². The molecule has 0 saturated heterocycles. The number of carbonyl (C=O) groups is 1. The normalized spacial score (nSPS) is 11.9. The van der Waals surface area contributed by atoms with Crippen LogP contribution in [-0.2, 0) is 0 Å². The average molecular weight is 341 g/mol. The fourth-order valence-electron chi connectivity index (χ4n) is 2.62. The second-order valence-corrected chi connectivity index (χ2v) is 7.69. The van der Waals surface area contributed by atoms with Gasteiger partial charge in [-0.05, 0) is 37.8 Å². The summed E-state index contributed by atoms with van der Waals surface area (Å²) >= 11 is 4.10. The fraction of sp³-hybridized carbons (Fsp3) is 0.533. The lowest BCUT2D eigenvalue weighted by molar-refractivity contribution is -0.385. The zero-order valence-corrected chi connectivity index (χ0v) is 14.8. The third-order valence-electron chi connectivity index (χ3n) is 3.01. The second-order valence-electron chi connectivity index (χ2n) is 7.29. The molecule has 2 amide bonds. The maximum atomic E-state index is 12.3. The molecule has 0 fully saturated rings. The molecule has 0 radical (unpaired) electrons. The van der Waals surface area contributed by atoms with Crippen LogP contribution in [-0.4, -0.2) is 21.6 Å². The van der Waals surface area contributed by atoms with E-state index in [9.17, 15) is 20.0 Å². The van der Waals surface area contributed by atoms with Crippen molar-refractivity contribution >= 4 is 30.2 Å². The fourth-order valence-corrected chi connectivity index (χ4v) is 2.79. The predicted molar refractivity (Wildman–Crippen MR) is 92.9 cm³/mol. The number of nitrogens with one attached hydrogen (secondary N) is 1. The molecule has 2 N–H and O–H groups in total. The standard InChI is InChI=1S/C15H23N3O4S/c1-14(2,3)9-15(4,5)16-13(20)17(23)10-6-7-12(19)11(8-10)18(21)22/h6-8,19,23H,9H2,1-5H3,(H,16,20). The highest BCUT2D eigenvalue weighted by atomic mass is 32.1. The van der Waals surface area contributed by atoms with E-state index in [0.717, 1.165) is 22.9 Å².